The van der Waals surface area contributed by atoms with Crippen molar-refractivity contribution >= 4 is 23.9 Å². The molecule has 0 saturated heterocycles. The Bertz CT molecular complexity index is 505. The molecular formula is C21H36O12. The van der Waals surface area contributed by atoms with E-state index in [2.05, 4.69) is 31.1 Å². The number of esters is 1. The first-order valence-electron chi connectivity index (χ1n) is 9.15. The maximum absolute atomic E-state index is 10.3. The van der Waals surface area contributed by atoms with Crippen molar-refractivity contribution in [2.75, 3.05) is 33.0 Å². The molecule has 0 atom stereocenters. The van der Waals surface area contributed by atoms with E-state index < -0.39 is 29.3 Å². The van der Waals surface area contributed by atoms with E-state index in [4.69, 9.17) is 35.7 Å². The number of carboxylic acid groups (broad SMARTS) is 3. The fraction of sp³-hybridized carbons (Fsp3) is 0.429. The lowest BCUT2D eigenvalue weighted by Gasteiger charge is -2.24. The number of hydrogen-bond donors (Lipinski definition) is 7. The van der Waals surface area contributed by atoms with Crippen LogP contribution < -0.4 is 0 Å². The molecule has 7 N–H and O–H groups in total. The minimum absolute atomic E-state index is 0.0461. The molecule has 0 aliphatic carbocycles. The van der Waals surface area contributed by atoms with E-state index >= 15 is 0 Å². The van der Waals surface area contributed by atoms with Gasteiger partial charge in [0, 0.05) is 42.7 Å². The van der Waals surface area contributed by atoms with Crippen molar-refractivity contribution in [3.05, 3.63) is 50.6 Å². The molecule has 0 radical (unpaired) electrons. The van der Waals surface area contributed by atoms with Crippen LogP contribution in [0.1, 0.15) is 19.8 Å². The Balaban J connectivity index is -0.000000102. The second kappa shape index (κ2) is 30.9. The Morgan fingerprint density at radius 3 is 1.15 bits per heavy atom. The van der Waals surface area contributed by atoms with Gasteiger partial charge in [-0.3, -0.25) is 0 Å². The first-order chi connectivity index (χ1) is 15.4. The topological polar surface area (TPSA) is 219 Å². The monoisotopic (exact) mass is 480 g/mol. The smallest absolute Gasteiger partial charge is 0.330 e. The minimum Gasteiger partial charge on any atom is -0.478 e. The van der Waals surface area contributed by atoms with Gasteiger partial charge in [-0.2, -0.15) is 0 Å². The first-order valence-corrected chi connectivity index (χ1v) is 9.15. The van der Waals surface area contributed by atoms with E-state index in [-0.39, 0.29) is 33.0 Å². The van der Waals surface area contributed by atoms with E-state index in [1.807, 2.05) is 6.92 Å². The van der Waals surface area contributed by atoms with Crippen LogP contribution in [0.5, 0.6) is 0 Å². The highest BCUT2D eigenvalue weighted by Crippen LogP contribution is 2.18. The fourth-order valence-corrected chi connectivity index (χ4v) is 0.782. The molecule has 0 aromatic rings. The molecule has 0 bridgehead atoms. The average Bonchev–Trinajstić information content (AvgIpc) is 2.82. The molecule has 12 heteroatoms. The largest absolute Gasteiger partial charge is 0.478 e. The average molecular weight is 481 g/mol. The third kappa shape index (κ3) is 43.4. The van der Waals surface area contributed by atoms with Crippen molar-refractivity contribution < 1.29 is 59.7 Å². The number of aliphatic hydroxyl groups excluding tert-OH is 4. The third-order valence-electron chi connectivity index (χ3n) is 2.99. The van der Waals surface area contributed by atoms with E-state index in [1.165, 1.54) is 0 Å². The van der Waals surface area contributed by atoms with Gasteiger partial charge in [-0.05, 0) is 6.42 Å². The van der Waals surface area contributed by atoms with Crippen LogP contribution in [-0.2, 0) is 23.9 Å². The lowest BCUT2D eigenvalue weighted by Crippen LogP contribution is -2.32. The van der Waals surface area contributed by atoms with Gasteiger partial charge in [0.25, 0.3) is 0 Å². The lowest BCUT2D eigenvalue weighted by molar-refractivity contribution is -0.138. The van der Waals surface area contributed by atoms with Crippen molar-refractivity contribution in [2.24, 2.45) is 5.41 Å². The maximum Gasteiger partial charge on any atom is 0.330 e. The zero-order chi connectivity index (χ0) is 27.3. The maximum atomic E-state index is 10.3. The lowest BCUT2D eigenvalue weighted by atomic mass is 9.88. The van der Waals surface area contributed by atoms with Crippen molar-refractivity contribution in [3.8, 4) is 0 Å². The molecule has 0 fully saturated rings. The molecule has 0 aromatic carbocycles. The summed E-state index contributed by atoms with van der Waals surface area (Å²) in [7, 11) is 0. The van der Waals surface area contributed by atoms with E-state index in [9.17, 15) is 19.2 Å². The second-order valence-electron chi connectivity index (χ2n) is 5.40. The van der Waals surface area contributed by atoms with Crippen LogP contribution in [0.25, 0.3) is 0 Å². The van der Waals surface area contributed by atoms with Crippen LogP contribution in [0.15, 0.2) is 50.6 Å². The SMILES string of the molecule is C=CC(=O)O.C=CC(=O)O.C=CC(=O)O.C=CC(=O)OCCCO.CCC(CO)(CO)CO. The van der Waals surface area contributed by atoms with Crippen molar-refractivity contribution in [1.29, 1.82) is 0 Å². The van der Waals surface area contributed by atoms with Crippen LogP contribution in [0.3, 0.4) is 0 Å². The number of carboxylic acids is 3. The number of aliphatic carboxylic acids is 3. The zero-order valence-corrected chi connectivity index (χ0v) is 18.8. The molecule has 0 amide bonds. The Hall–Kier alpha value is -3.32. The van der Waals surface area contributed by atoms with Gasteiger partial charge in [-0.1, -0.05) is 33.2 Å². The number of carbonyl (C=O) groups excluding carboxylic acids is 1. The second-order valence-corrected chi connectivity index (χ2v) is 5.40. The van der Waals surface area contributed by atoms with Crippen molar-refractivity contribution in [1.82, 2.24) is 0 Å². The summed E-state index contributed by atoms with van der Waals surface area (Å²) < 4.78 is 4.51. The summed E-state index contributed by atoms with van der Waals surface area (Å²) in [5.41, 5.74) is -0.667. The number of aliphatic hydroxyl groups is 4. The Morgan fingerprint density at radius 1 is 0.727 bits per heavy atom. The number of carbonyl (C=O) groups is 4. The van der Waals surface area contributed by atoms with Gasteiger partial charge in [0.05, 0.1) is 26.4 Å². The number of ether oxygens (including phenoxy) is 1. The molecule has 0 unspecified atom stereocenters. The van der Waals surface area contributed by atoms with Crippen molar-refractivity contribution in [3.63, 3.8) is 0 Å². The first kappa shape index (κ1) is 40.1. The summed E-state index contributed by atoms with van der Waals surface area (Å²) in [6, 6.07) is 0. The summed E-state index contributed by atoms with van der Waals surface area (Å²) in [5.74, 6) is -3.39. The predicted molar refractivity (Wildman–Crippen MR) is 120 cm³/mol. The molecule has 0 aliphatic heterocycles. The van der Waals surface area contributed by atoms with Crippen LogP contribution in [0.2, 0.25) is 0 Å². The van der Waals surface area contributed by atoms with Crippen LogP contribution in [0, 0.1) is 5.41 Å². The number of rotatable bonds is 11. The van der Waals surface area contributed by atoms with Gasteiger partial charge in [0.2, 0.25) is 0 Å². The Kier molecular flexibility index (Phi) is 37.5. The predicted octanol–water partition coefficient (Wildman–Crippen LogP) is 0.229. The normalized spacial score (nSPS) is 8.52. The van der Waals surface area contributed by atoms with Gasteiger partial charge in [-0.15, -0.1) is 0 Å². The van der Waals surface area contributed by atoms with Crippen LogP contribution >= 0.6 is 0 Å². The molecule has 0 rings (SSSR count). The molecule has 0 spiro atoms. The Morgan fingerprint density at radius 2 is 1.03 bits per heavy atom. The van der Waals surface area contributed by atoms with Crippen LogP contribution in [0.4, 0.5) is 0 Å². The molecule has 0 heterocycles. The highest BCUT2D eigenvalue weighted by molar-refractivity contribution is 5.81. The molecule has 192 valence electrons. The molecule has 0 aliphatic rings. The van der Waals surface area contributed by atoms with E-state index in [0.29, 0.717) is 12.8 Å². The van der Waals surface area contributed by atoms with Gasteiger partial charge in [0.1, 0.15) is 0 Å². The quantitative estimate of drug-likeness (QED) is 0.120. The van der Waals surface area contributed by atoms with Gasteiger partial charge in [-0.25, -0.2) is 19.2 Å². The van der Waals surface area contributed by atoms with Crippen molar-refractivity contribution in [2.45, 2.75) is 19.8 Å². The standard InChI is InChI=1S/C6H14O3.C6H10O3.3C3H4O2/c1-2-6(3-7,4-8)5-9;1-2-6(8)9-5-3-4-7;3*1-2-3(4)5/h7-9H,2-5H2,1H3;2,7H,1,3-5H2;3*2H,1H2,(H,4,5). The number of hydrogen-bond acceptors (Lipinski definition) is 9. The summed E-state index contributed by atoms with van der Waals surface area (Å²) in [4.78, 5) is 38.0. The molecule has 0 saturated carbocycles. The highest BCUT2D eigenvalue weighted by atomic mass is 16.5. The molecule has 12 nitrogen and oxygen atoms in total. The summed E-state index contributed by atoms with van der Waals surface area (Å²) in [6.45, 7) is 13.7. The van der Waals surface area contributed by atoms with Gasteiger partial charge < -0.3 is 40.5 Å². The zero-order valence-electron chi connectivity index (χ0n) is 18.8. The third-order valence-corrected chi connectivity index (χ3v) is 2.99. The fourth-order valence-electron chi connectivity index (χ4n) is 0.782. The molecular weight excluding hydrogens is 444 g/mol. The summed E-state index contributed by atoms with van der Waals surface area (Å²) in [5, 5.41) is 57.0. The van der Waals surface area contributed by atoms with E-state index in [1.54, 1.807) is 0 Å². The van der Waals surface area contributed by atoms with E-state index in [0.717, 1.165) is 24.3 Å². The summed E-state index contributed by atoms with van der Waals surface area (Å²) in [6.07, 6.45) is 4.67. The molecule has 33 heavy (non-hydrogen) atoms. The minimum atomic E-state index is -0.981. The summed E-state index contributed by atoms with van der Waals surface area (Å²) >= 11 is 0. The Labute approximate surface area is 193 Å². The highest BCUT2D eigenvalue weighted by Gasteiger charge is 2.24. The molecule has 0 aromatic heterocycles. The van der Waals surface area contributed by atoms with Gasteiger partial charge in [0.15, 0.2) is 0 Å². The van der Waals surface area contributed by atoms with Gasteiger partial charge >= 0.3 is 23.9 Å². The van der Waals surface area contributed by atoms with Crippen LogP contribution in [-0.4, -0.2) is 92.7 Å².